The maximum absolute atomic E-state index is 12.9. The van der Waals surface area contributed by atoms with Crippen molar-refractivity contribution in [3.8, 4) is 0 Å². The van der Waals surface area contributed by atoms with E-state index in [1.54, 1.807) is 12.1 Å². The summed E-state index contributed by atoms with van der Waals surface area (Å²) < 4.78 is 51.5. The average molecular weight is 376 g/mol. The molecule has 1 fully saturated rings. The predicted octanol–water partition coefficient (Wildman–Crippen LogP) is 3.13. The lowest BCUT2D eigenvalue weighted by Gasteiger charge is -2.32. The number of alkyl halides is 3. The number of aromatic nitrogens is 2. The van der Waals surface area contributed by atoms with Crippen LogP contribution in [0.2, 0.25) is 5.02 Å². The fraction of sp³-hybridized carbons (Fsp3) is 0.533. The SMILES string of the molecule is CC1(C)OB(c2ccc(Cl)c3c(N)nn(CC(F)(F)F)c23)OC1(C)C. The number of rotatable bonds is 2. The van der Waals surface area contributed by atoms with Gasteiger partial charge in [-0.1, -0.05) is 17.7 Å². The third kappa shape index (κ3) is 3.09. The first-order chi connectivity index (χ1) is 11.3. The van der Waals surface area contributed by atoms with E-state index in [0.29, 0.717) is 5.46 Å². The van der Waals surface area contributed by atoms with Crippen LogP contribution in [0.15, 0.2) is 12.1 Å². The molecular weight excluding hydrogens is 357 g/mol. The Labute approximate surface area is 148 Å². The fourth-order valence-electron chi connectivity index (χ4n) is 2.78. The summed E-state index contributed by atoms with van der Waals surface area (Å²) in [5.41, 5.74) is 5.11. The number of fused-ring (bicyclic) bond motifs is 1. The van der Waals surface area contributed by atoms with E-state index in [0.717, 1.165) is 4.68 Å². The molecule has 0 aliphatic carbocycles. The highest BCUT2D eigenvalue weighted by Gasteiger charge is 2.52. The number of benzene rings is 1. The molecular formula is C15H18BClF3N3O2. The van der Waals surface area contributed by atoms with Crippen molar-refractivity contribution in [2.75, 3.05) is 5.73 Å². The van der Waals surface area contributed by atoms with Crippen LogP contribution >= 0.6 is 11.6 Å². The molecule has 2 N–H and O–H groups in total. The standard InChI is InChI=1S/C15H18BClF3N3O2/c1-13(2)14(3,4)25-16(24-13)8-5-6-9(17)10-11(8)23(22-12(10)21)7-15(18,19)20/h5-6H,7H2,1-4H3,(H2,21,22). The van der Waals surface area contributed by atoms with Crippen LogP contribution < -0.4 is 11.2 Å². The second-order valence-electron chi connectivity index (χ2n) is 7.11. The smallest absolute Gasteiger partial charge is 0.399 e. The van der Waals surface area contributed by atoms with Crippen LogP contribution in [-0.4, -0.2) is 34.3 Å². The van der Waals surface area contributed by atoms with Crippen molar-refractivity contribution in [2.24, 2.45) is 0 Å². The third-order valence-electron chi connectivity index (χ3n) is 4.74. The zero-order valence-corrected chi connectivity index (χ0v) is 15.0. The molecule has 25 heavy (non-hydrogen) atoms. The number of nitrogens with two attached hydrogens (primary N) is 1. The van der Waals surface area contributed by atoms with Gasteiger partial charge in [-0.15, -0.1) is 0 Å². The van der Waals surface area contributed by atoms with Crippen molar-refractivity contribution in [1.82, 2.24) is 9.78 Å². The molecule has 1 aromatic heterocycles. The van der Waals surface area contributed by atoms with E-state index < -0.39 is 31.0 Å². The van der Waals surface area contributed by atoms with E-state index in [9.17, 15) is 13.2 Å². The molecule has 0 spiro atoms. The summed E-state index contributed by atoms with van der Waals surface area (Å²) in [5.74, 6) is -0.0670. The predicted molar refractivity (Wildman–Crippen MR) is 90.9 cm³/mol. The Bertz CT molecular complexity index is 820. The number of hydrogen-bond acceptors (Lipinski definition) is 4. The minimum Gasteiger partial charge on any atom is -0.399 e. The van der Waals surface area contributed by atoms with Crippen molar-refractivity contribution in [1.29, 1.82) is 0 Å². The fourth-order valence-corrected chi connectivity index (χ4v) is 3.03. The minimum absolute atomic E-state index is 0.0670. The Balaban J connectivity index is 2.18. The van der Waals surface area contributed by atoms with Crippen LogP contribution in [0.5, 0.6) is 0 Å². The van der Waals surface area contributed by atoms with Crippen molar-refractivity contribution >= 4 is 40.9 Å². The van der Waals surface area contributed by atoms with Gasteiger partial charge in [0.2, 0.25) is 0 Å². The van der Waals surface area contributed by atoms with Gasteiger partial charge in [-0.25, -0.2) is 0 Å². The van der Waals surface area contributed by atoms with Crippen molar-refractivity contribution in [3.05, 3.63) is 17.2 Å². The monoisotopic (exact) mass is 375 g/mol. The summed E-state index contributed by atoms with van der Waals surface area (Å²) in [6.07, 6.45) is -4.46. The third-order valence-corrected chi connectivity index (χ3v) is 5.05. The number of anilines is 1. The Morgan fingerprint density at radius 3 is 2.28 bits per heavy atom. The van der Waals surface area contributed by atoms with Crippen molar-refractivity contribution in [3.63, 3.8) is 0 Å². The van der Waals surface area contributed by atoms with Crippen LogP contribution in [0.4, 0.5) is 19.0 Å². The molecule has 2 heterocycles. The first-order valence-corrected chi connectivity index (χ1v) is 8.07. The molecule has 1 aromatic carbocycles. The van der Waals surface area contributed by atoms with Crippen LogP contribution in [0.1, 0.15) is 27.7 Å². The molecule has 0 radical (unpaired) electrons. The highest BCUT2D eigenvalue weighted by atomic mass is 35.5. The van der Waals surface area contributed by atoms with E-state index in [4.69, 9.17) is 26.6 Å². The first-order valence-electron chi connectivity index (χ1n) is 7.69. The number of halogens is 4. The molecule has 0 unspecified atom stereocenters. The van der Waals surface area contributed by atoms with Crippen molar-refractivity contribution < 1.29 is 22.5 Å². The molecule has 3 rings (SSSR count). The van der Waals surface area contributed by atoms with E-state index in [1.807, 2.05) is 27.7 Å². The average Bonchev–Trinajstić information content (AvgIpc) is 2.83. The number of hydrogen-bond donors (Lipinski definition) is 1. The summed E-state index contributed by atoms with van der Waals surface area (Å²) >= 11 is 6.14. The molecule has 0 saturated carbocycles. The molecule has 2 aromatic rings. The van der Waals surface area contributed by atoms with Gasteiger partial charge in [0.15, 0.2) is 5.82 Å². The molecule has 136 valence electrons. The maximum Gasteiger partial charge on any atom is 0.497 e. The van der Waals surface area contributed by atoms with Gasteiger partial charge >= 0.3 is 13.3 Å². The quantitative estimate of drug-likeness (QED) is 0.819. The van der Waals surface area contributed by atoms with Crippen LogP contribution in [0, 0.1) is 0 Å². The molecule has 5 nitrogen and oxygen atoms in total. The van der Waals surface area contributed by atoms with Gasteiger partial charge < -0.3 is 15.0 Å². The van der Waals surface area contributed by atoms with E-state index in [2.05, 4.69) is 5.10 Å². The van der Waals surface area contributed by atoms with Crippen LogP contribution in [0.25, 0.3) is 10.9 Å². The van der Waals surface area contributed by atoms with E-state index in [-0.39, 0.29) is 21.7 Å². The molecule has 1 saturated heterocycles. The Morgan fingerprint density at radius 1 is 1.20 bits per heavy atom. The molecule has 10 heteroatoms. The summed E-state index contributed by atoms with van der Waals surface area (Å²) in [5, 5.41) is 4.31. The van der Waals surface area contributed by atoms with Gasteiger partial charge in [-0.05, 0) is 33.8 Å². The van der Waals surface area contributed by atoms with Crippen LogP contribution in [0.3, 0.4) is 0 Å². The van der Waals surface area contributed by atoms with Gasteiger partial charge in [0.1, 0.15) is 6.54 Å². The van der Waals surface area contributed by atoms with Crippen molar-refractivity contribution in [2.45, 2.75) is 51.6 Å². The topological polar surface area (TPSA) is 62.3 Å². The van der Waals surface area contributed by atoms with Gasteiger partial charge in [-0.3, -0.25) is 4.68 Å². The Morgan fingerprint density at radius 2 is 1.76 bits per heavy atom. The minimum atomic E-state index is -4.46. The Kier molecular flexibility index (Phi) is 4.05. The van der Waals surface area contributed by atoms with Gasteiger partial charge in [0.05, 0.1) is 27.1 Å². The summed E-state index contributed by atoms with van der Waals surface area (Å²) in [6, 6.07) is 3.14. The lowest BCUT2D eigenvalue weighted by atomic mass is 9.77. The maximum atomic E-state index is 12.9. The van der Waals surface area contributed by atoms with Gasteiger partial charge in [0, 0.05) is 5.46 Å². The molecule has 0 amide bonds. The van der Waals surface area contributed by atoms with Gasteiger partial charge in [0.25, 0.3) is 0 Å². The molecule has 0 atom stereocenters. The number of nitrogen functional groups attached to an aromatic ring is 1. The first kappa shape index (κ1) is 18.3. The lowest BCUT2D eigenvalue weighted by Crippen LogP contribution is -2.41. The normalized spacial score (nSPS) is 19.8. The number of nitrogens with zero attached hydrogens (tertiary/aromatic N) is 2. The van der Waals surface area contributed by atoms with Crippen LogP contribution in [-0.2, 0) is 15.9 Å². The highest BCUT2D eigenvalue weighted by molar-refractivity contribution is 6.65. The molecule has 1 aliphatic rings. The second-order valence-corrected chi connectivity index (χ2v) is 7.51. The van der Waals surface area contributed by atoms with Gasteiger partial charge in [-0.2, -0.15) is 18.3 Å². The summed E-state index contributed by atoms with van der Waals surface area (Å²) in [4.78, 5) is 0. The highest BCUT2D eigenvalue weighted by Crippen LogP contribution is 2.38. The lowest BCUT2D eigenvalue weighted by molar-refractivity contribution is -0.141. The summed E-state index contributed by atoms with van der Waals surface area (Å²) in [6.45, 7) is 6.17. The zero-order chi connectivity index (χ0) is 18.8. The van der Waals surface area contributed by atoms with E-state index in [1.165, 1.54) is 0 Å². The molecule has 0 bridgehead atoms. The second kappa shape index (κ2) is 5.52. The van der Waals surface area contributed by atoms with E-state index >= 15 is 0 Å². The zero-order valence-electron chi connectivity index (χ0n) is 14.2. The summed E-state index contributed by atoms with van der Waals surface area (Å²) in [7, 11) is -0.854. The molecule has 1 aliphatic heterocycles. The Hall–Kier alpha value is -1.45. The largest absolute Gasteiger partial charge is 0.497 e.